The van der Waals surface area contributed by atoms with E-state index in [1.165, 1.54) is 12.0 Å². The molecule has 47 heavy (non-hydrogen) atoms. The van der Waals surface area contributed by atoms with Gasteiger partial charge >= 0.3 is 5.97 Å². The molecule has 256 valence electrons. The molecule has 0 unspecified atom stereocenters. The zero-order valence-corrected chi connectivity index (χ0v) is 29.1. The van der Waals surface area contributed by atoms with Crippen LogP contribution in [0.5, 0.6) is 0 Å². The fraction of sp³-hybridized carbons (Fsp3) is 0.600. The minimum absolute atomic E-state index is 0.0677. The topological polar surface area (TPSA) is 135 Å². The second-order valence-corrected chi connectivity index (χ2v) is 14.0. The first kappa shape index (κ1) is 35.3. The van der Waals surface area contributed by atoms with Gasteiger partial charge in [0.1, 0.15) is 29.8 Å². The molecule has 4 aliphatic rings. The van der Waals surface area contributed by atoms with E-state index >= 15 is 0 Å². The zero-order valence-electron chi connectivity index (χ0n) is 27.5. The molecule has 1 aromatic carbocycles. The second kappa shape index (κ2) is 15.0. The highest BCUT2D eigenvalue weighted by Crippen LogP contribution is 2.59. The molecular weight excluding hydrogens is 670 g/mol. The number of cyclic esters (lactones) is 1. The van der Waals surface area contributed by atoms with E-state index < -0.39 is 59.6 Å². The zero-order chi connectivity index (χ0) is 33.9. The molecular formula is C35H46BrN3O8. The molecule has 3 amide bonds. The summed E-state index contributed by atoms with van der Waals surface area (Å²) in [6.45, 7) is 6.25. The van der Waals surface area contributed by atoms with Crippen molar-refractivity contribution >= 4 is 39.6 Å². The van der Waals surface area contributed by atoms with Crippen molar-refractivity contribution < 1.29 is 38.5 Å². The predicted molar refractivity (Wildman–Crippen MR) is 177 cm³/mol. The number of nitrogens with one attached hydrogen (secondary N) is 1. The first-order valence-electron chi connectivity index (χ1n) is 16.6. The maximum Gasteiger partial charge on any atom is 0.313 e. The molecule has 8 atom stereocenters. The largest absolute Gasteiger partial charge is 0.455 e. The fourth-order valence-corrected chi connectivity index (χ4v) is 8.16. The van der Waals surface area contributed by atoms with Gasteiger partial charge in [0.15, 0.2) is 0 Å². The maximum atomic E-state index is 14.7. The lowest BCUT2D eigenvalue weighted by molar-refractivity contribution is -0.163. The maximum absolute atomic E-state index is 14.7. The number of allylic oxidation sites excluding steroid dienone is 1. The summed E-state index contributed by atoms with van der Waals surface area (Å²) in [4.78, 5) is 60.1. The van der Waals surface area contributed by atoms with Gasteiger partial charge in [-0.3, -0.25) is 19.2 Å². The summed E-state index contributed by atoms with van der Waals surface area (Å²) in [5, 5.41) is 13.6. The number of methoxy groups -OCH3 is 1. The Morgan fingerprint density at radius 1 is 1.11 bits per heavy atom. The van der Waals surface area contributed by atoms with E-state index in [1.54, 1.807) is 11.0 Å². The molecule has 2 N–H and O–H groups in total. The molecule has 0 saturated carbocycles. The van der Waals surface area contributed by atoms with Crippen LogP contribution in [0.25, 0.3) is 0 Å². The van der Waals surface area contributed by atoms with Crippen molar-refractivity contribution in [2.24, 2.45) is 17.8 Å². The Hall–Kier alpha value is -3.06. The Morgan fingerprint density at radius 2 is 1.85 bits per heavy atom. The molecule has 12 heteroatoms. The normalized spacial score (nSPS) is 32.7. The highest BCUT2D eigenvalue weighted by atomic mass is 79.9. The van der Waals surface area contributed by atoms with Crippen LogP contribution in [-0.2, 0) is 33.4 Å². The Kier molecular flexibility index (Phi) is 11.3. The van der Waals surface area contributed by atoms with E-state index in [4.69, 9.17) is 14.2 Å². The summed E-state index contributed by atoms with van der Waals surface area (Å²) in [6.07, 6.45) is 5.93. The Bertz CT molecular complexity index is 1390. The van der Waals surface area contributed by atoms with Crippen molar-refractivity contribution in [3.05, 3.63) is 58.6 Å². The molecule has 2 saturated heterocycles. The lowest BCUT2D eigenvalue weighted by atomic mass is 9.74. The minimum atomic E-state index is -1.45. The van der Waals surface area contributed by atoms with Crippen molar-refractivity contribution in [3.8, 4) is 0 Å². The van der Waals surface area contributed by atoms with Crippen LogP contribution < -0.4 is 5.32 Å². The first-order chi connectivity index (χ1) is 22.6. The Balaban J connectivity index is 1.65. The van der Waals surface area contributed by atoms with Crippen LogP contribution in [0.4, 0.5) is 0 Å². The highest BCUT2D eigenvalue weighted by molar-refractivity contribution is 9.11. The van der Waals surface area contributed by atoms with Crippen LogP contribution in [-0.4, -0.2) is 102 Å². The van der Waals surface area contributed by atoms with Crippen LogP contribution in [0, 0.1) is 17.8 Å². The number of ether oxygens (including phenoxy) is 3. The number of esters is 1. The molecule has 5 bridgehead atoms. The molecule has 4 aliphatic heterocycles. The van der Waals surface area contributed by atoms with Crippen LogP contribution in [0.3, 0.4) is 0 Å². The molecule has 0 aliphatic carbocycles. The van der Waals surface area contributed by atoms with Gasteiger partial charge in [-0.2, -0.15) is 0 Å². The second-order valence-electron chi connectivity index (χ2n) is 13.1. The quantitative estimate of drug-likeness (QED) is 0.294. The van der Waals surface area contributed by atoms with Crippen molar-refractivity contribution in [1.29, 1.82) is 0 Å². The standard InChI is InChI=1S/C35H46BrN3O8/c1-5-6-16-38-17-12-8-11-15-26(41)37-24(20-45-4)29(22-13-9-7-10-14-22)46-34(44)27-28-32(42)39(25(19-40)21(2)3)31(33(38)43)35(28)18-23(36)30(27)47-35/h7-10,12-14,18,21,24-25,27-31,40H,5-6,11,15-17,19-20H2,1-4H3,(H,37,41)/b12-8-/t24-,25+,27+,28-,29-,30+,31+,35-/m1/s1. The number of carbonyl (C=O) groups is 4. The van der Waals surface area contributed by atoms with Crippen LogP contribution in [0.15, 0.2) is 53.0 Å². The number of unbranched alkanes of at least 4 members (excludes halogenated alkanes) is 1. The molecule has 4 heterocycles. The van der Waals surface area contributed by atoms with Crippen molar-refractivity contribution in [1.82, 2.24) is 15.1 Å². The molecule has 1 aromatic rings. The third-order valence-electron chi connectivity index (χ3n) is 9.74. The van der Waals surface area contributed by atoms with E-state index in [2.05, 4.69) is 21.2 Å². The number of halogens is 1. The lowest BCUT2D eigenvalue weighted by Gasteiger charge is -2.40. The van der Waals surface area contributed by atoms with Gasteiger partial charge in [-0.15, -0.1) is 0 Å². The molecule has 1 spiro atoms. The molecule has 5 rings (SSSR count). The SMILES string of the molecule is CCCCN1C/C=C\CCC(=O)N[C@H](COC)[C@@H](c2ccccc2)OC(=O)[C@@H]2[C@H]3O[C@@]4(C=C3Br)[C@H](C1=O)N([C@@H](CO)C(C)C)C(=O)[C@@H]24. The molecule has 0 radical (unpaired) electrons. The van der Waals surface area contributed by atoms with Gasteiger partial charge in [0.05, 0.1) is 31.2 Å². The summed E-state index contributed by atoms with van der Waals surface area (Å²) in [5.41, 5.74) is -0.803. The summed E-state index contributed by atoms with van der Waals surface area (Å²) >= 11 is 3.60. The average Bonchev–Trinajstić information content (AvgIpc) is 3.64. The Labute approximate surface area is 284 Å². The van der Waals surface area contributed by atoms with E-state index in [9.17, 15) is 24.3 Å². The summed E-state index contributed by atoms with van der Waals surface area (Å²) in [5.74, 6) is -4.00. The van der Waals surface area contributed by atoms with E-state index in [0.717, 1.165) is 12.8 Å². The van der Waals surface area contributed by atoms with Crippen molar-refractivity contribution in [3.63, 3.8) is 0 Å². The predicted octanol–water partition coefficient (Wildman–Crippen LogP) is 3.27. The number of carbonyl (C=O) groups excluding carboxylic acids is 4. The number of fused-ring (bicyclic) bond motifs is 2. The van der Waals surface area contributed by atoms with Crippen LogP contribution in [0.1, 0.15) is 58.1 Å². The number of benzene rings is 1. The van der Waals surface area contributed by atoms with E-state index in [-0.39, 0.29) is 43.9 Å². The van der Waals surface area contributed by atoms with Crippen molar-refractivity contribution in [2.75, 3.05) is 33.4 Å². The lowest BCUT2D eigenvalue weighted by Crippen LogP contribution is -2.59. The minimum Gasteiger partial charge on any atom is -0.455 e. The third-order valence-corrected chi connectivity index (χ3v) is 10.4. The van der Waals surface area contributed by atoms with Gasteiger partial charge in [-0.1, -0.05) is 85.6 Å². The smallest absolute Gasteiger partial charge is 0.313 e. The monoisotopic (exact) mass is 715 g/mol. The summed E-state index contributed by atoms with van der Waals surface area (Å²) < 4.78 is 18.9. The summed E-state index contributed by atoms with van der Waals surface area (Å²) in [7, 11) is 1.51. The van der Waals surface area contributed by atoms with Gasteiger partial charge in [0.25, 0.3) is 0 Å². The van der Waals surface area contributed by atoms with Crippen LogP contribution in [0.2, 0.25) is 0 Å². The molecule has 11 nitrogen and oxygen atoms in total. The number of aliphatic hydroxyl groups is 1. The summed E-state index contributed by atoms with van der Waals surface area (Å²) in [6, 6.07) is 6.58. The average molecular weight is 717 g/mol. The van der Waals surface area contributed by atoms with E-state index in [1.807, 2.05) is 63.3 Å². The van der Waals surface area contributed by atoms with Crippen LogP contribution >= 0.6 is 15.9 Å². The van der Waals surface area contributed by atoms with E-state index in [0.29, 0.717) is 23.0 Å². The number of aliphatic hydroxyl groups excluding tert-OH is 1. The number of nitrogens with zero attached hydrogens (tertiary/aromatic N) is 2. The van der Waals surface area contributed by atoms with Gasteiger partial charge < -0.3 is 34.4 Å². The first-order valence-corrected chi connectivity index (χ1v) is 17.3. The number of amides is 3. The number of hydrogen-bond acceptors (Lipinski definition) is 8. The van der Waals surface area contributed by atoms with Gasteiger partial charge in [0, 0.05) is 31.1 Å². The number of hydrogen-bond donors (Lipinski definition) is 2. The number of likely N-dealkylation sites (tertiary alicyclic amines) is 1. The van der Waals surface area contributed by atoms with Crippen molar-refractivity contribution in [2.45, 2.75) is 82.4 Å². The van der Waals surface area contributed by atoms with Gasteiger partial charge in [0.2, 0.25) is 17.7 Å². The highest BCUT2D eigenvalue weighted by Gasteiger charge is 2.75. The number of rotatable bonds is 9. The Morgan fingerprint density at radius 3 is 2.51 bits per heavy atom. The molecule has 2 fully saturated rings. The molecule has 0 aromatic heterocycles. The fourth-order valence-electron chi connectivity index (χ4n) is 7.42. The van der Waals surface area contributed by atoms with Gasteiger partial charge in [-0.25, -0.2) is 0 Å². The van der Waals surface area contributed by atoms with Gasteiger partial charge in [-0.05, 0) is 30.4 Å². The third kappa shape index (κ3) is 6.66.